The van der Waals surface area contributed by atoms with E-state index in [-0.39, 0.29) is 42.1 Å². The molecule has 4 aliphatic heterocycles. The Balaban J connectivity index is 1.53. The van der Waals surface area contributed by atoms with Crippen LogP contribution in [0.4, 0.5) is 4.79 Å². The summed E-state index contributed by atoms with van der Waals surface area (Å²) in [6, 6.07) is 0.0947. The maximum Gasteiger partial charge on any atom is 0.404 e. The third kappa shape index (κ3) is 2.50. The fourth-order valence-electron chi connectivity index (χ4n) is 5.57. The summed E-state index contributed by atoms with van der Waals surface area (Å²) in [4.78, 5) is 42.3. The van der Waals surface area contributed by atoms with Crippen LogP contribution in [0, 0.1) is 5.92 Å². The summed E-state index contributed by atoms with van der Waals surface area (Å²) in [5, 5.41) is 3.34. The number of piperazine rings is 1. The predicted molar refractivity (Wildman–Crippen MR) is 103 cm³/mol. The van der Waals surface area contributed by atoms with Gasteiger partial charge in [0.05, 0.1) is 17.7 Å². The fourth-order valence-corrected chi connectivity index (χ4v) is 5.57. The van der Waals surface area contributed by atoms with Crippen LogP contribution in [-0.2, 0) is 23.8 Å². The van der Waals surface area contributed by atoms with Gasteiger partial charge in [0.25, 0.3) is 0 Å². The van der Waals surface area contributed by atoms with Crippen LogP contribution in [-0.4, -0.2) is 91.8 Å². The first-order valence-corrected chi connectivity index (χ1v) is 10.2. The van der Waals surface area contributed by atoms with Gasteiger partial charge in [0.1, 0.15) is 12.7 Å². The van der Waals surface area contributed by atoms with Crippen LogP contribution in [0.15, 0.2) is 22.6 Å². The summed E-state index contributed by atoms with van der Waals surface area (Å²) >= 11 is 0. The summed E-state index contributed by atoms with van der Waals surface area (Å²) in [5.41, 5.74) is 5.17. The fraction of sp³-hybridized carbons (Fsp3) is 0.650. The van der Waals surface area contributed by atoms with Crippen molar-refractivity contribution in [1.29, 1.82) is 0 Å². The first-order chi connectivity index (χ1) is 14.3. The molecule has 3 fully saturated rings. The maximum absolute atomic E-state index is 13.6. The summed E-state index contributed by atoms with van der Waals surface area (Å²) in [6.45, 7) is 3.59. The third-order valence-electron chi connectivity index (χ3n) is 7.01. The lowest BCUT2D eigenvalue weighted by Gasteiger charge is -2.39. The highest BCUT2D eigenvalue weighted by Gasteiger charge is 2.72. The van der Waals surface area contributed by atoms with Crippen molar-refractivity contribution in [1.82, 2.24) is 15.1 Å². The van der Waals surface area contributed by atoms with Gasteiger partial charge in [-0.3, -0.25) is 9.59 Å². The maximum atomic E-state index is 13.6. The van der Waals surface area contributed by atoms with Gasteiger partial charge in [0.2, 0.25) is 11.6 Å². The van der Waals surface area contributed by atoms with Crippen molar-refractivity contribution < 1.29 is 28.6 Å². The molecule has 4 heterocycles. The molecule has 0 aromatic carbocycles. The van der Waals surface area contributed by atoms with Gasteiger partial charge < -0.3 is 35.1 Å². The SMILES string of the molecule is COC12C(COC(N)=O)C3=C(C(=O)C(C)=C(OC4CCN(C)C4)C3=O)N1CC1NC12. The van der Waals surface area contributed by atoms with Crippen molar-refractivity contribution in [2.45, 2.75) is 37.3 Å². The van der Waals surface area contributed by atoms with Crippen LogP contribution in [0.5, 0.6) is 0 Å². The smallest absolute Gasteiger partial charge is 0.404 e. The second-order valence-electron chi connectivity index (χ2n) is 8.67. The number of carbonyl (C=O) groups is 3. The molecule has 5 atom stereocenters. The largest absolute Gasteiger partial charge is 0.484 e. The number of amides is 1. The van der Waals surface area contributed by atoms with Gasteiger partial charge in [0, 0.05) is 43.9 Å². The average Bonchev–Trinajstić information content (AvgIpc) is 3.10. The van der Waals surface area contributed by atoms with Gasteiger partial charge in [-0.2, -0.15) is 0 Å². The van der Waals surface area contributed by atoms with Crippen molar-refractivity contribution >= 4 is 17.7 Å². The molecule has 0 spiro atoms. The summed E-state index contributed by atoms with van der Waals surface area (Å²) < 4.78 is 17.1. The molecule has 1 amide bonds. The standard InChI is InChI=1S/C20H26N4O6/c1-9-15(25)14-13(16(26)17(9)30-10-4-5-23(2)6-10)11(8-29-19(21)27)20(28-3)18-12(22-18)7-24(14)20/h10-12,18,22H,4-8H2,1-3H3,(H2,21,27). The highest BCUT2D eigenvalue weighted by Crippen LogP contribution is 2.55. The molecule has 1 aliphatic carbocycles. The first kappa shape index (κ1) is 19.5. The minimum absolute atomic E-state index is 0.0664. The van der Waals surface area contributed by atoms with E-state index in [4.69, 9.17) is 19.9 Å². The number of likely N-dealkylation sites (N-methyl/N-ethyl adjacent to an activating group) is 1. The monoisotopic (exact) mass is 418 g/mol. The molecule has 5 rings (SSSR count). The van der Waals surface area contributed by atoms with E-state index in [0.29, 0.717) is 29.9 Å². The zero-order valence-corrected chi connectivity index (χ0v) is 17.3. The Morgan fingerprint density at radius 1 is 1.30 bits per heavy atom. The Morgan fingerprint density at radius 2 is 2.07 bits per heavy atom. The van der Waals surface area contributed by atoms with Gasteiger partial charge in [-0.25, -0.2) is 4.79 Å². The van der Waals surface area contributed by atoms with Gasteiger partial charge in [-0.1, -0.05) is 0 Å². The zero-order chi connectivity index (χ0) is 21.4. The van der Waals surface area contributed by atoms with Crippen molar-refractivity contribution in [2.75, 3.05) is 40.4 Å². The van der Waals surface area contributed by atoms with Crippen LogP contribution in [0.1, 0.15) is 13.3 Å². The minimum atomic E-state index is -0.973. The second-order valence-corrected chi connectivity index (χ2v) is 8.67. The number of nitrogens with zero attached hydrogens (tertiary/aromatic N) is 2. The van der Waals surface area contributed by atoms with E-state index in [0.717, 1.165) is 13.0 Å². The number of rotatable bonds is 5. The number of allylic oxidation sites excluding steroid dienone is 2. The molecule has 3 saturated heterocycles. The molecule has 0 aromatic rings. The van der Waals surface area contributed by atoms with Crippen LogP contribution in [0.3, 0.4) is 0 Å². The minimum Gasteiger partial charge on any atom is -0.484 e. The van der Waals surface area contributed by atoms with E-state index in [2.05, 4.69) is 10.2 Å². The molecular weight excluding hydrogens is 392 g/mol. The topological polar surface area (TPSA) is 133 Å². The van der Waals surface area contributed by atoms with Crippen molar-refractivity contribution in [3.8, 4) is 0 Å². The number of ketones is 2. The summed E-state index contributed by atoms with van der Waals surface area (Å²) in [5.74, 6) is -1.13. The number of methoxy groups -OCH3 is 1. The van der Waals surface area contributed by atoms with E-state index in [9.17, 15) is 14.4 Å². The number of primary amides is 1. The number of fused-ring (bicyclic) bond motifs is 4. The number of carbonyl (C=O) groups excluding carboxylic acids is 3. The Morgan fingerprint density at radius 3 is 2.70 bits per heavy atom. The van der Waals surface area contributed by atoms with Crippen LogP contribution in [0.25, 0.3) is 0 Å². The lowest BCUT2D eigenvalue weighted by atomic mass is 9.83. The molecule has 5 aliphatic rings. The Kier molecular flexibility index (Phi) is 4.25. The predicted octanol–water partition coefficient (Wildman–Crippen LogP) is -0.889. The first-order valence-electron chi connectivity index (χ1n) is 10.2. The third-order valence-corrected chi connectivity index (χ3v) is 7.01. The van der Waals surface area contributed by atoms with Crippen molar-refractivity contribution in [3.05, 3.63) is 22.6 Å². The van der Waals surface area contributed by atoms with Crippen LogP contribution < -0.4 is 11.1 Å². The normalized spacial score (nSPS) is 37.5. The van der Waals surface area contributed by atoms with Crippen molar-refractivity contribution in [2.24, 2.45) is 11.7 Å². The van der Waals surface area contributed by atoms with E-state index >= 15 is 0 Å². The van der Waals surface area contributed by atoms with Gasteiger partial charge in [0.15, 0.2) is 11.5 Å². The number of likely N-dealkylation sites (tertiary alicyclic amines) is 1. The van der Waals surface area contributed by atoms with Crippen LogP contribution >= 0.6 is 0 Å². The Hall–Kier alpha value is -2.43. The lowest BCUT2D eigenvalue weighted by Crippen LogP contribution is -2.55. The van der Waals surface area contributed by atoms with E-state index in [1.54, 1.807) is 14.0 Å². The van der Waals surface area contributed by atoms with E-state index in [1.807, 2.05) is 11.9 Å². The number of nitrogens with one attached hydrogen (secondary N) is 1. The number of hydrogen-bond donors (Lipinski definition) is 2. The Bertz CT molecular complexity index is 913. The number of ether oxygens (including phenoxy) is 3. The zero-order valence-electron chi connectivity index (χ0n) is 17.3. The number of Topliss-reactive ketones (excluding diaryl/α,β-unsaturated/α-hetero) is 2. The molecule has 10 heteroatoms. The van der Waals surface area contributed by atoms with E-state index in [1.165, 1.54) is 0 Å². The van der Waals surface area contributed by atoms with Gasteiger partial charge in [-0.15, -0.1) is 0 Å². The summed E-state index contributed by atoms with van der Waals surface area (Å²) in [7, 11) is 3.54. The quantitative estimate of drug-likeness (QED) is 0.431. The Labute approximate surface area is 173 Å². The van der Waals surface area contributed by atoms with E-state index < -0.39 is 17.7 Å². The molecule has 3 N–H and O–H groups in total. The highest BCUT2D eigenvalue weighted by atomic mass is 16.6. The van der Waals surface area contributed by atoms with Crippen LogP contribution in [0.2, 0.25) is 0 Å². The number of hydrogen-bond acceptors (Lipinski definition) is 9. The molecule has 0 radical (unpaired) electrons. The lowest BCUT2D eigenvalue weighted by molar-refractivity contribution is -0.137. The number of nitrogens with two attached hydrogens (primary N) is 1. The van der Waals surface area contributed by atoms with Gasteiger partial charge in [-0.05, 0) is 20.4 Å². The van der Waals surface area contributed by atoms with Gasteiger partial charge >= 0.3 is 6.09 Å². The van der Waals surface area contributed by atoms with Crippen molar-refractivity contribution in [3.63, 3.8) is 0 Å². The molecule has 0 aromatic heterocycles. The molecule has 0 bridgehead atoms. The molecule has 162 valence electrons. The molecule has 30 heavy (non-hydrogen) atoms. The molecule has 0 saturated carbocycles. The highest BCUT2D eigenvalue weighted by molar-refractivity contribution is 6.25. The molecular formula is C20H26N4O6. The second kappa shape index (κ2) is 6.53. The average molecular weight is 418 g/mol. The molecule has 10 nitrogen and oxygen atoms in total. The summed E-state index contributed by atoms with van der Waals surface area (Å²) in [6.07, 6.45) is -0.297. The molecule has 5 unspecified atom stereocenters.